The van der Waals surface area contributed by atoms with Crippen LogP contribution in [0, 0.1) is 6.92 Å². The second-order valence-electron chi connectivity index (χ2n) is 3.34. The minimum absolute atomic E-state index is 0.333. The average Bonchev–Trinajstić information content (AvgIpc) is 2.63. The van der Waals surface area contributed by atoms with E-state index in [0.29, 0.717) is 27.0 Å². The third-order valence-corrected chi connectivity index (χ3v) is 4.10. The van der Waals surface area contributed by atoms with Crippen LogP contribution in [0.15, 0.2) is 18.2 Å². The Morgan fingerprint density at radius 3 is 2.71 bits per heavy atom. The summed E-state index contributed by atoms with van der Waals surface area (Å²) < 4.78 is 5.63. The van der Waals surface area contributed by atoms with E-state index in [1.165, 1.54) is 11.3 Å². The molecular weight excluding hydrogens is 301 g/mol. The maximum absolute atomic E-state index is 5.89. The van der Waals surface area contributed by atoms with E-state index in [1.807, 2.05) is 13.0 Å². The van der Waals surface area contributed by atoms with Crippen LogP contribution in [0.3, 0.4) is 0 Å². The van der Waals surface area contributed by atoms with Gasteiger partial charge in [-0.2, -0.15) is 4.98 Å². The molecule has 2 rings (SSSR count). The van der Waals surface area contributed by atoms with Crippen LogP contribution in [-0.2, 0) is 5.88 Å². The molecule has 0 spiro atoms. The fourth-order valence-corrected chi connectivity index (χ4v) is 2.82. The highest BCUT2D eigenvalue weighted by Crippen LogP contribution is 2.34. The van der Waals surface area contributed by atoms with Crippen LogP contribution in [0.1, 0.15) is 10.4 Å². The summed E-state index contributed by atoms with van der Waals surface area (Å²) in [5.74, 6) is 1.04. The van der Waals surface area contributed by atoms with E-state index in [1.54, 1.807) is 12.1 Å². The second kappa shape index (κ2) is 5.44. The molecule has 1 aromatic carbocycles. The number of rotatable bonds is 3. The molecule has 0 saturated heterocycles. The maximum atomic E-state index is 5.89. The zero-order chi connectivity index (χ0) is 12.4. The van der Waals surface area contributed by atoms with Crippen molar-refractivity contribution in [2.75, 3.05) is 0 Å². The lowest BCUT2D eigenvalue weighted by Crippen LogP contribution is -1.86. The summed E-state index contributed by atoms with van der Waals surface area (Å²) >= 11 is 18.8. The number of hydrogen-bond donors (Lipinski definition) is 0. The van der Waals surface area contributed by atoms with Crippen molar-refractivity contribution in [1.82, 2.24) is 4.98 Å². The summed E-state index contributed by atoms with van der Waals surface area (Å²) in [6.07, 6.45) is 0. The Balaban J connectivity index is 2.25. The van der Waals surface area contributed by atoms with Crippen molar-refractivity contribution in [3.63, 3.8) is 0 Å². The Labute approximate surface area is 118 Å². The van der Waals surface area contributed by atoms with Gasteiger partial charge in [0.2, 0.25) is 0 Å². The van der Waals surface area contributed by atoms with Gasteiger partial charge < -0.3 is 4.74 Å². The Hall–Kier alpha value is -0.480. The Morgan fingerprint density at radius 2 is 2.12 bits per heavy atom. The number of thiazole rings is 1. The molecule has 0 aliphatic heterocycles. The molecule has 1 aromatic heterocycles. The van der Waals surface area contributed by atoms with E-state index in [2.05, 4.69) is 4.98 Å². The quantitative estimate of drug-likeness (QED) is 0.719. The molecule has 0 fully saturated rings. The molecule has 17 heavy (non-hydrogen) atoms. The van der Waals surface area contributed by atoms with Gasteiger partial charge in [-0.05, 0) is 30.7 Å². The first kappa shape index (κ1) is 13.0. The Kier molecular flexibility index (Phi) is 4.15. The molecule has 2 nitrogen and oxygen atoms in total. The van der Waals surface area contributed by atoms with Crippen LogP contribution in [0.2, 0.25) is 10.2 Å². The lowest BCUT2D eigenvalue weighted by atomic mass is 10.2. The van der Waals surface area contributed by atoms with E-state index in [0.717, 1.165) is 10.4 Å². The summed E-state index contributed by atoms with van der Waals surface area (Å²) in [5.41, 5.74) is 0.941. The predicted molar refractivity (Wildman–Crippen MR) is 72.9 cm³/mol. The highest BCUT2D eigenvalue weighted by Gasteiger charge is 2.11. The zero-order valence-electron chi connectivity index (χ0n) is 8.84. The fourth-order valence-electron chi connectivity index (χ4n) is 1.26. The first-order valence-corrected chi connectivity index (χ1v) is 6.86. The van der Waals surface area contributed by atoms with Crippen LogP contribution in [-0.4, -0.2) is 4.98 Å². The van der Waals surface area contributed by atoms with E-state index in [4.69, 9.17) is 39.5 Å². The molecule has 0 saturated carbocycles. The molecule has 0 aliphatic carbocycles. The smallest absolute Gasteiger partial charge is 0.280 e. The van der Waals surface area contributed by atoms with Gasteiger partial charge in [-0.1, -0.05) is 34.5 Å². The van der Waals surface area contributed by atoms with Gasteiger partial charge in [0.1, 0.15) is 10.9 Å². The topological polar surface area (TPSA) is 22.1 Å². The molecule has 0 atom stereocenters. The number of aryl methyl sites for hydroxylation is 1. The summed E-state index contributed by atoms with van der Waals surface area (Å²) in [7, 11) is 0. The Morgan fingerprint density at radius 1 is 1.35 bits per heavy atom. The third-order valence-electron chi connectivity index (χ3n) is 2.09. The van der Waals surface area contributed by atoms with Gasteiger partial charge in [0.05, 0.1) is 10.8 Å². The summed E-state index contributed by atoms with van der Waals surface area (Å²) in [4.78, 5) is 4.89. The largest absolute Gasteiger partial charge is 0.431 e. The number of halogens is 3. The predicted octanol–water partition coefficient (Wildman–Crippen LogP) is 5.29. The van der Waals surface area contributed by atoms with Gasteiger partial charge in [-0.3, -0.25) is 0 Å². The number of benzene rings is 1. The molecule has 6 heteroatoms. The fraction of sp³-hybridized carbons (Fsp3) is 0.182. The van der Waals surface area contributed by atoms with Crippen LogP contribution in [0.25, 0.3) is 0 Å². The molecule has 2 aromatic rings. The van der Waals surface area contributed by atoms with E-state index < -0.39 is 0 Å². The summed E-state index contributed by atoms with van der Waals surface area (Å²) in [6, 6.07) is 5.39. The van der Waals surface area contributed by atoms with Crippen molar-refractivity contribution in [2.45, 2.75) is 12.8 Å². The molecule has 0 N–H and O–H groups in total. The number of hydrogen-bond acceptors (Lipinski definition) is 3. The van der Waals surface area contributed by atoms with E-state index in [-0.39, 0.29) is 0 Å². The van der Waals surface area contributed by atoms with Gasteiger partial charge in [0.25, 0.3) is 5.19 Å². The molecule has 90 valence electrons. The van der Waals surface area contributed by atoms with E-state index in [9.17, 15) is 0 Å². The van der Waals surface area contributed by atoms with Crippen molar-refractivity contribution in [3.05, 3.63) is 38.8 Å². The highest BCUT2D eigenvalue weighted by molar-refractivity contribution is 7.14. The standard InChI is InChI=1S/C11H8Cl3NOS/c1-6-4-7(13)2-3-8(6)16-11-15-10(14)9(5-12)17-11/h2-4H,5H2,1H3. The average molecular weight is 309 g/mol. The molecule has 1 heterocycles. The first-order chi connectivity index (χ1) is 8.10. The number of aromatic nitrogens is 1. The van der Waals surface area contributed by atoms with Gasteiger partial charge in [0.15, 0.2) is 0 Å². The number of alkyl halides is 1. The minimum Gasteiger partial charge on any atom is -0.431 e. The lowest BCUT2D eigenvalue weighted by molar-refractivity contribution is 0.475. The molecular formula is C11H8Cl3NOS. The molecule has 0 unspecified atom stereocenters. The van der Waals surface area contributed by atoms with Crippen molar-refractivity contribution < 1.29 is 4.74 Å². The molecule has 0 aliphatic rings. The molecule has 0 amide bonds. The zero-order valence-corrected chi connectivity index (χ0v) is 11.9. The SMILES string of the molecule is Cc1cc(Cl)ccc1Oc1nc(Cl)c(CCl)s1. The van der Waals surface area contributed by atoms with Crippen LogP contribution in [0.4, 0.5) is 0 Å². The number of nitrogens with zero attached hydrogens (tertiary/aromatic N) is 1. The van der Waals surface area contributed by atoms with E-state index >= 15 is 0 Å². The summed E-state index contributed by atoms with van der Waals surface area (Å²) in [5, 5.41) is 1.55. The second-order valence-corrected chi connectivity index (χ2v) is 5.45. The third kappa shape index (κ3) is 3.05. The van der Waals surface area contributed by atoms with Crippen molar-refractivity contribution in [2.24, 2.45) is 0 Å². The van der Waals surface area contributed by atoms with Gasteiger partial charge in [-0.15, -0.1) is 11.6 Å². The maximum Gasteiger partial charge on any atom is 0.280 e. The van der Waals surface area contributed by atoms with Crippen molar-refractivity contribution in [3.8, 4) is 10.9 Å². The van der Waals surface area contributed by atoms with Crippen molar-refractivity contribution in [1.29, 1.82) is 0 Å². The van der Waals surface area contributed by atoms with Gasteiger partial charge >= 0.3 is 0 Å². The van der Waals surface area contributed by atoms with Crippen LogP contribution < -0.4 is 4.74 Å². The number of ether oxygens (including phenoxy) is 1. The first-order valence-electron chi connectivity index (χ1n) is 4.75. The Bertz CT molecular complexity index is 542. The monoisotopic (exact) mass is 307 g/mol. The van der Waals surface area contributed by atoms with Crippen LogP contribution in [0.5, 0.6) is 10.9 Å². The summed E-state index contributed by atoms with van der Waals surface area (Å²) in [6.45, 7) is 1.92. The minimum atomic E-state index is 0.333. The molecule has 0 bridgehead atoms. The van der Waals surface area contributed by atoms with Gasteiger partial charge in [-0.25, -0.2) is 0 Å². The highest BCUT2D eigenvalue weighted by atomic mass is 35.5. The van der Waals surface area contributed by atoms with Gasteiger partial charge in [0, 0.05) is 5.02 Å². The normalized spacial score (nSPS) is 10.6. The van der Waals surface area contributed by atoms with Crippen molar-refractivity contribution >= 4 is 46.1 Å². The van der Waals surface area contributed by atoms with Crippen LogP contribution >= 0.6 is 46.1 Å². The lowest BCUT2D eigenvalue weighted by Gasteiger charge is -2.05. The molecule has 0 radical (unpaired) electrons.